The van der Waals surface area contributed by atoms with E-state index in [4.69, 9.17) is 11.6 Å². The molecule has 0 aliphatic carbocycles. The third-order valence-corrected chi connectivity index (χ3v) is 3.99. The fourth-order valence-corrected chi connectivity index (χ4v) is 2.65. The van der Waals surface area contributed by atoms with Gasteiger partial charge in [0.15, 0.2) is 0 Å². The highest BCUT2D eigenvalue weighted by atomic mass is 35.5. The Bertz CT molecular complexity index is 334. The first-order valence-corrected chi connectivity index (χ1v) is 8.61. The molecule has 0 aliphatic heterocycles. The van der Waals surface area contributed by atoms with E-state index in [1.54, 1.807) is 0 Å². The zero-order valence-corrected chi connectivity index (χ0v) is 13.9. The van der Waals surface area contributed by atoms with Crippen molar-refractivity contribution in [1.82, 2.24) is 5.32 Å². The summed E-state index contributed by atoms with van der Waals surface area (Å²) in [5.41, 5.74) is 1.39. The van der Waals surface area contributed by atoms with E-state index in [0.717, 1.165) is 18.0 Å². The maximum Gasteiger partial charge on any atom is 0.0406 e. The maximum atomic E-state index is 5.95. The molecule has 0 spiro atoms. The summed E-state index contributed by atoms with van der Waals surface area (Å²) >= 11 is 5.95. The molecular formula is C18H30ClN. The van der Waals surface area contributed by atoms with Crippen molar-refractivity contribution in [2.24, 2.45) is 0 Å². The molecule has 1 N–H and O–H groups in total. The molecule has 1 atom stereocenters. The zero-order valence-electron chi connectivity index (χ0n) is 13.1. The van der Waals surface area contributed by atoms with Crippen LogP contribution >= 0.6 is 11.6 Å². The van der Waals surface area contributed by atoms with Gasteiger partial charge < -0.3 is 5.32 Å². The zero-order chi connectivity index (χ0) is 14.6. The van der Waals surface area contributed by atoms with E-state index in [1.165, 1.54) is 50.5 Å². The molecule has 1 rings (SSSR count). The Morgan fingerprint density at radius 1 is 0.950 bits per heavy atom. The lowest BCUT2D eigenvalue weighted by Gasteiger charge is -2.18. The normalized spacial score (nSPS) is 12.6. The topological polar surface area (TPSA) is 12.0 Å². The predicted octanol–water partition coefficient (Wildman–Crippen LogP) is 5.61. The largest absolute Gasteiger partial charge is 0.314 e. The summed E-state index contributed by atoms with van der Waals surface area (Å²) < 4.78 is 0. The Balaban J connectivity index is 2.36. The monoisotopic (exact) mass is 295 g/mol. The van der Waals surface area contributed by atoms with Gasteiger partial charge in [-0.05, 0) is 43.5 Å². The number of hydrogen-bond donors (Lipinski definition) is 1. The van der Waals surface area contributed by atoms with Crippen LogP contribution in [0, 0.1) is 0 Å². The summed E-state index contributed by atoms with van der Waals surface area (Å²) in [6.45, 7) is 5.62. The van der Waals surface area contributed by atoms with E-state index in [0.29, 0.717) is 6.04 Å². The van der Waals surface area contributed by atoms with Gasteiger partial charge in [-0.2, -0.15) is 0 Å². The summed E-state index contributed by atoms with van der Waals surface area (Å²) in [7, 11) is 0. The molecule has 1 aromatic rings. The van der Waals surface area contributed by atoms with Crippen LogP contribution in [0.15, 0.2) is 24.3 Å². The molecule has 2 heteroatoms. The van der Waals surface area contributed by atoms with E-state index >= 15 is 0 Å². The summed E-state index contributed by atoms with van der Waals surface area (Å²) in [6.07, 6.45) is 10.4. The number of halogens is 1. The first kappa shape index (κ1) is 17.5. The third-order valence-electron chi connectivity index (χ3n) is 3.73. The minimum absolute atomic E-state index is 0.609. The Morgan fingerprint density at radius 3 is 2.30 bits per heavy atom. The molecule has 114 valence electrons. The van der Waals surface area contributed by atoms with Crippen molar-refractivity contribution in [2.45, 2.75) is 71.3 Å². The summed E-state index contributed by atoms with van der Waals surface area (Å²) in [5, 5.41) is 4.52. The molecular weight excluding hydrogens is 266 g/mol. The Hall–Kier alpha value is -0.530. The van der Waals surface area contributed by atoms with Crippen molar-refractivity contribution in [3.8, 4) is 0 Å². The van der Waals surface area contributed by atoms with Gasteiger partial charge in [0.2, 0.25) is 0 Å². The van der Waals surface area contributed by atoms with Crippen LogP contribution in [0.2, 0.25) is 5.02 Å². The van der Waals surface area contributed by atoms with Gasteiger partial charge in [0.05, 0.1) is 0 Å². The van der Waals surface area contributed by atoms with Crippen LogP contribution in [0.3, 0.4) is 0 Å². The van der Waals surface area contributed by atoms with Gasteiger partial charge in [0, 0.05) is 11.1 Å². The van der Waals surface area contributed by atoms with Gasteiger partial charge in [-0.3, -0.25) is 0 Å². The lowest BCUT2D eigenvalue weighted by molar-refractivity contribution is 0.451. The van der Waals surface area contributed by atoms with Crippen LogP contribution < -0.4 is 5.32 Å². The minimum atomic E-state index is 0.609. The molecule has 1 aromatic carbocycles. The molecule has 20 heavy (non-hydrogen) atoms. The molecule has 0 aliphatic rings. The van der Waals surface area contributed by atoms with Crippen molar-refractivity contribution < 1.29 is 0 Å². The lowest BCUT2D eigenvalue weighted by atomic mass is 9.99. The number of nitrogens with one attached hydrogen (secondary N) is 1. The van der Waals surface area contributed by atoms with Crippen LogP contribution in [-0.4, -0.2) is 12.6 Å². The van der Waals surface area contributed by atoms with E-state index in [9.17, 15) is 0 Å². The van der Waals surface area contributed by atoms with Gasteiger partial charge in [-0.25, -0.2) is 0 Å². The summed E-state index contributed by atoms with van der Waals surface area (Å²) in [5.74, 6) is 0. The SMILES string of the molecule is CCCCCCCC(Cc1ccc(Cl)cc1)NCCC. The molecule has 0 amide bonds. The van der Waals surface area contributed by atoms with E-state index < -0.39 is 0 Å². The van der Waals surface area contributed by atoms with Gasteiger partial charge in [-0.1, -0.05) is 69.7 Å². The molecule has 0 saturated carbocycles. The molecule has 0 bridgehead atoms. The van der Waals surface area contributed by atoms with E-state index in [1.807, 2.05) is 12.1 Å². The number of benzene rings is 1. The lowest BCUT2D eigenvalue weighted by Crippen LogP contribution is -2.31. The molecule has 0 radical (unpaired) electrons. The Labute approximate surface area is 130 Å². The smallest absolute Gasteiger partial charge is 0.0406 e. The van der Waals surface area contributed by atoms with Crippen LogP contribution in [0.25, 0.3) is 0 Å². The van der Waals surface area contributed by atoms with Crippen molar-refractivity contribution in [3.05, 3.63) is 34.9 Å². The van der Waals surface area contributed by atoms with Crippen molar-refractivity contribution in [1.29, 1.82) is 0 Å². The second kappa shape index (κ2) is 11.2. The predicted molar refractivity (Wildman–Crippen MR) is 90.6 cm³/mol. The van der Waals surface area contributed by atoms with Crippen molar-refractivity contribution >= 4 is 11.6 Å². The Morgan fingerprint density at radius 2 is 1.65 bits per heavy atom. The standard InChI is InChI=1S/C18H30ClN/c1-3-5-6-7-8-9-18(20-14-4-2)15-16-10-12-17(19)13-11-16/h10-13,18,20H,3-9,14-15H2,1-2H3. The number of rotatable bonds is 11. The van der Waals surface area contributed by atoms with Gasteiger partial charge in [0.25, 0.3) is 0 Å². The van der Waals surface area contributed by atoms with Crippen molar-refractivity contribution in [2.75, 3.05) is 6.54 Å². The second-order valence-corrected chi connectivity index (χ2v) is 6.12. The van der Waals surface area contributed by atoms with Crippen molar-refractivity contribution in [3.63, 3.8) is 0 Å². The highest BCUT2D eigenvalue weighted by Crippen LogP contribution is 2.14. The Kier molecular flexibility index (Phi) is 9.78. The fourth-order valence-electron chi connectivity index (χ4n) is 2.52. The molecule has 0 heterocycles. The summed E-state index contributed by atoms with van der Waals surface area (Å²) in [6, 6.07) is 8.90. The van der Waals surface area contributed by atoms with Crippen LogP contribution in [0.1, 0.15) is 64.4 Å². The van der Waals surface area contributed by atoms with E-state index in [2.05, 4.69) is 31.3 Å². The third kappa shape index (κ3) is 7.91. The minimum Gasteiger partial charge on any atom is -0.314 e. The molecule has 0 fully saturated rings. The van der Waals surface area contributed by atoms with Gasteiger partial charge in [0.1, 0.15) is 0 Å². The van der Waals surface area contributed by atoms with Gasteiger partial charge >= 0.3 is 0 Å². The molecule has 1 nitrogen and oxygen atoms in total. The summed E-state index contributed by atoms with van der Waals surface area (Å²) in [4.78, 5) is 0. The number of hydrogen-bond acceptors (Lipinski definition) is 1. The van der Waals surface area contributed by atoms with Crippen LogP contribution in [0.4, 0.5) is 0 Å². The maximum absolute atomic E-state index is 5.95. The second-order valence-electron chi connectivity index (χ2n) is 5.68. The first-order valence-electron chi connectivity index (χ1n) is 8.24. The van der Waals surface area contributed by atoms with E-state index in [-0.39, 0.29) is 0 Å². The van der Waals surface area contributed by atoms with Crippen LogP contribution in [-0.2, 0) is 6.42 Å². The van der Waals surface area contributed by atoms with Gasteiger partial charge in [-0.15, -0.1) is 0 Å². The average Bonchev–Trinajstić information content (AvgIpc) is 2.46. The number of unbranched alkanes of at least 4 members (excludes halogenated alkanes) is 4. The van der Waals surface area contributed by atoms with Crippen LogP contribution in [0.5, 0.6) is 0 Å². The highest BCUT2D eigenvalue weighted by molar-refractivity contribution is 6.30. The average molecular weight is 296 g/mol. The molecule has 0 saturated heterocycles. The fraction of sp³-hybridized carbons (Fsp3) is 0.667. The first-order chi connectivity index (χ1) is 9.76. The highest BCUT2D eigenvalue weighted by Gasteiger charge is 2.08. The quantitative estimate of drug-likeness (QED) is 0.523. The molecule has 1 unspecified atom stereocenters. The molecule has 0 aromatic heterocycles.